The Morgan fingerprint density at radius 1 is 1.26 bits per heavy atom. The number of hydrogen-bond acceptors (Lipinski definition) is 4. The average molecular weight is 332 g/mol. The Morgan fingerprint density at radius 3 is 2.83 bits per heavy atom. The van der Waals surface area contributed by atoms with Crippen LogP contribution in [0.4, 0.5) is 5.69 Å². The molecule has 0 unspecified atom stereocenters. The Bertz CT molecular complexity index is 930. The quantitative estimate of drug-likeness (QED) is 0.751. The van der Waals surface area contributed by atoms with Crippen molar-refractivity contribution in [2.75, 3.05) is 11.9 Å². The number of nitrogens with zero attached hydrogens (tertiary/aromatic N) is 1. The van der Waals surface area contributed by atoms with Crippen molar-refractivity contribution in [3.8, 4) is 0 Å². The summed E-state index contributed by atoms with van der Waals surface area (Å²) in [6, 6.07) is 12.2. The molecule has 0 aliphatic heterocycles. The first-order valence-corrected chi connectivity index (χ1v) is 7.35. The van der Waals surface area contributed by atoms with E-state index in [1.165, 1.54) is 0 Å². The van der Waals surface area contributed by atoms with E-state index >= 15 is 0 Å². The van der Waals surface area contributed by atoms with E-state index in [-0.39, 0.29) is 5.56 Å². The van der Waals surface area contributed by atoms with Gasteiger partial charge < -0.3 is 15.5 Å². The number of hydrogen-bond donors (Lipinski definition) is 2. The van der Waals surface area contributed by atoms with Crippen LogP contribution in [0.15, 0.2) is 51.7 Å². The molecule has 3 rings (SSSR count). The van der Waals surface area contributed by atoms with Gasteiger partial charge in [-0.05, 0) is 30.3 Å². The van der Waals surface area contributed by atoms with E-state index in [2.05, 4.69) is 5.32 Å². The fraction of sp³-hybridized carbons (Fsp3) is 0.125. The number of fused-ring (bicyclic) bond motifs is 1. The number of oxazole rings is 1. The number of benzene rings is 2. The number of carbonyl (C=O) groups excluding carboxylic acids is 1. The molecule has 0 aliphatic carbocycles. The van der Waals surface area contributed by atoms with Gasteiger partial charge >= 0.3 is 5.76 Å². The number of anilines is 1. The molecule has 6 nitrogen and oxygen atoms in total. The molecule has 1 heterocycles. The van der Waals surface area contributed by atoms with Crippen LogP contribution in [0.2, 0.25) is 5.02 Å². The first kappa shape index (κ1) is 15.2. The summed E-state index contributed by atoms with van der Waals surface area (Å²) in [6.07, 6.45) is 0. The lowest BCUT2D eigenvalue weighted by molar-refractivity contribution is 0.100. The molecule has 0 atom stereocenters. The lowest BCUT2D eigenvalue weighted by atomic mass is 10.2. The molecule has 23 heavy (non-hydrogen) atoms. The van der Waals surface area contributed by atoms with Gasteiger partial charge in [0.2, 0.25) is 5.91 Å². The van der Waals surface area contributed by atoms with E-state index in [1.807, 2.05) is 18.2 Å². The van der Waals surface area contributed by atoms with Gasteiger partial charge in [0.15, 0.2) is 5.58 Å². The van der Waals surface area contributed by atoms with Gasteiger partial charge in [-0.15, -0.1) is 0 Å². The first-order valence-electron chi connectivity index (χ1n) is 6.98. The minimum Gasteiger partial charge on any atom is -0.408 e. The summed E-state index contributed by atoms with van der Waals surface area (Å²) in [5.74, 6) is -0.988. The van der Waals surface area contributed by atoms with Crippen molar-refractivity contribution in [1.29, 1.82) is 0 Å². The third kappa shape index (κ3) is 3.07. The second kappa shape index (κ2) is 6.18. The highest BCUT2D eigenvalue weighted by Gasteiger charge is 2.09. The van der Waals surface area contributed by atoms with Gasteiger partial charge in [0.1, 0.15) is 0 Å². The number of rotatable bonds is 5. The fourth-order valence-electron chi connectivity index (χ4n) is 2.36. The molecule has 0 radical (unpaired) electrons. The molecule has 0 saturated carbocycles. The maximum atomic E-state index is 11.9. The van der Waals surface area contributed by atoms with E-state index in [9.17, 15) is 9.59 Å². The van der Waals surface area contributed by atoms with Crippen LogP contribution in [-0.2, 0) is 6.54 Å². The lowest BCUT2D eigenvalue weighted by Crippen LogP contribution is -2.19. The van der Waals surface area contributed by atoms with Crippen molar-refractivity contribution < 1.29 is 9.21 Å². The molecule has 0 fully saturated rings. The van der Waals surface area contributed by atoms with Gasteiger partial charge in [-0.1, -0.05) is 23.7 Å². The van der Waals surface area contributed by atoms with Gasteiger partial charge in [-0.3, -0.25) is 9.36 Å². The van der Waals surface area contributed by atoms with Crippen LogP contribution >= 0.6 is 11.6 Å². The Morgan fingerprint density at radius 2 is 2.04 bits per heavy atom. The SMILES string of the molecule is NC(=O)c1cc(NCCn2c(=O)oc3ccccc32)ccc1Cl. The van der Waals surface area contributed by atoms with Crippen molar-refractivity contribution in [3.05, 3.63) is 63.6 Å². The van der Waals surface area contributed by atoms with Crippen molar-refractivity contribution in [1.82, 2.24) is 4.57 Å². The van der Waals surface area contributed by atoms with Gasteiger partial charge in [-0.25, -0.2) is 4.79 Å². The standard InChI is InChI=1S/C16H14ClN3O3/c17-12-6-5-10(9-11(12)15(18)21)19-7-8-20-13-3-1-2-4-14(13)23-16(20)22/h1-6,9,19H,7-8H2,(H2,18,21). The number of amides is 1. The molecular formula is C16H14ClN3O3. The van der Waals surface area contributed by atoms with Crippen molar-refractivity contribution >= 4 is 34.3 Å². The second-order valence-corrected chi connectivity index (χ2v) is 5.38. The second-order valence-electron chi connectivity index (χ2n) is 4.97. The molecule has 2 aromatic carbocycles. The Labute approximate surface area is 136 Å². The molecule has 1 amide bonds. The highest BCUT2D eigenvalue weighted by atomic mass is 35.5. The molecule has 0 bridgehead atoms. The van der Waals surface area contributed by atoms with Crippen LogP contribution in [-0.4, -0.2) is 17.0 Å². The lowest BCUT2D eigenvalue weighted by Gasteiger charge is -2.09. The Balaban J connectivity index is 1.74. The normalized spacial score (nSPS) is 10.8. The summed E-state index contributed by atoms with van der Waals surface area (Å²) in [5.41, 5.74) is 7.51. The summed E-state index contributed by atoms with van der Waals surface area (Å²) in [7, 11) is 0. The molecule has 7 heteroatoms. The summed E-state index contributed by atoms with van der Waals surface area (Å²) in [6.45, 7) is 0.896. The molecule has 0 saturated heterocycles. The zero-order chi connectivity index (χ0) is 16.4. The minimum absolute atomic E-state index is 0.252. The largest absolute Gasteiger partial charge is 0.420 e. The van der Waals surface area contributed by atoms with Crippen molar-refractivity contribution in [2.24, 2.45) is 5.73 Å². The number of carbonyl (C=O) groups is 1. The number of aromatic nitrogens is 1. The van der Waals surface area contributed by atoms with Crippen molar-refractivity contribution in [3.63, 3.8) is 0 Å². The van der Waals surface area contributed by atoms with E-state index in [1.54, 1.807) is 28.8 Å². The molecule has 3 aromatic rings. The Kier molecular flexibility index (Phi) is 4.08. The maximum absolute atomic E-state index is 11.9. The summed E-state index contributed by atoms with van der Waals surface area (Å²) in [5, 5.41) is 3.44. The van der Waals surface area contributed by atoms with Crippen LogP contribution in [0.25, 0.3) is 11.1 Å². The highest BCUT2D eigenvalue weighted by molar-refractivity contribution is 6.33. The minimum atomic E-state index is -0.587. The fourth-order valence-corrected chi connectivity index (χ4v) is 2.57. The zero-order valence-corrected chi connectivity index (χ0v) is 12.8. The zero-order valence-electron chi connectivity index (χ0n) is 12.1. The summed E-state index contributed by atoms with van der Waals surface area (Å²) >= 11 is 5.91. The molecule has 1 aromatic heterocycles. The third-order valence-electron chi connectivity index (χ3n) is 3.47. The van der Waals surface area contributed by atoms with E-state index < -0.39 is 11.7 Å². The third-order valence-corrected chi connectivity index (χ3v) is 3.80. The molecular weight excluding hydrogens is 318 g/mol. The summed E-state index contributed by atoms with van der Waals surface area (Å²) in [4.78, 5) is 23.1. The van der Waals surface area contributed by atoms with E-state index in [0.717, 1.165) is 5.52 Å². The van der Waals surface area contributed by atoms with E-state index in [4.69, 9.17) is 21.8 Å². The molecule has 0 aliphatic rings. The predicted molar refractivity (Wildman–Crippen MR) is 88.9 cm³/mol. The van der Waals surface area contributed by atoms with E-state index in [0.29, 0.717) is 29.4 Å². The molecule has 0 spiro atoms. The van der Waals surface area contributed by atoms with Gasteiger partial charge in [0.25, 0.3) is 0 Å². The van der Waals surface area contributed by atoms with Crippen molar-refractivity contribution in [2.45, 2.75) is 6.54 Å². The van der Waals surface area contributed by atoms with Gasteiger partial charge in [0, 0.05) is 18.8 Å². The number of para-hydroxylation sites is 2. The smallest absolute Gasteiger partial charge is 0.408 e. The number of primary amides is 1. The predicted octanol–water partition coefficient (Wildman–Crippen LogP) is 2.46. The number of halogens is 1. The molecule has 118 valence electrons. The van der Waals surface area contributed by atoms with Crippen LogP contribution < -0.4 is 16.8 Å². The summed E-state index contributed by atoms with van der Waals surface area (Å²) < 4.78 is 6.72. The van der Waals surface area contributed by atoms with Gasteiger partial charge in [-0.2, -0.15) is 0 Å². The highest BCUT2D eigenvalue weighted by Crippen LogP contribution is 2.20. The number of nitrogens with two attached hydrogens (primary N) is 1. The van der Waals surface area contributed by atoms with Crippen LogP contribution in [0.5, 0.6) is 0 Å². The van der Waals surface area contributed by atoms with Crippen LogP contribution in [0, 0.1) is 0 Å². The monoisotopic (exact) mass is 331 g/mol. The number of nitrogens with one attached hydrogen (secondary N) is 1. The molecule has 3 N–H and O–H groups in total. The average Bonchev–Trinajstić information content (AvgIpc) is 2.84. The maximum Gasteiger partial charge on any atom is 0.420 e. The first-order chi connectivity index (χ1) is 11.1. The van der Waals surface area contributed by atoms with Crippen LogP contribution in [0.3, 0.4) is 0 Å². The van der Waals surface area contributed by atoms with Crippen LogP contribution in [0.1, 0.15) is 10.4 Å². The Hall–Kier alpha value is -2.73. The van der Waals surface area contributed by atoms with Gasteiger partial charge in [0.05, 0.1) is 16.1 Å². The topological polar surface area (TPSA) is 90.3 Å².